The lowest BCUT2D eigenvalue weighted by Gasteiger charge is -2.11. The Balaban J connectivity index is 1.91. The molecule has 0 saturated heterocycles. The number of benzene rings is 1. The lowest BCUT2D eigenvalue weighted by molar-refractivity contribution is -0.116. The third-order valence-corrected chi connectivity index (χ3v) is 5.05. The maximum atomic E-state index is 12.6. The molecule has 0 radical (unpaired) electrons. The van der Waals surface area contributed by atoms with E-state index >= 15 is 0 Å². The highest BCUT2D eigenvalue weighted by Gasteiger charge is 2.14. The van der Waals surface area contributed by atoms with Gasteiger partial charge in [-0.2, -0.15) is 0 Å². The SMILES string of the molecule is Cc1cc2c(=O)n(CC(=O)Nc3ccccc3Br)c(C)nc2s1. The molecule has 7 heteroatoms. The second kappa shape index (κ2) is 6.25. The number of fused-ring (bicyclic) bond motifs is 1. The van der Waals surface area contributed by atoms with E-state index in [1.165, 1.54) is 15.9 Å². The normalized spacial score (nSPS) is 10.9. The highest BCUT2D eigenvalue weighted by atomic mass is 79.9. The minimum atomic E-state index is -0.268. The van der Waals surface area contributed by atoms with Gasteiger partial charge in [-0.3, -0.25) is 14.2 Å². The topological polar surface area (TPSA) is 64.0 Å². The van der Waals surface area contributed by atoms with Crippen LogP contribution in [0.1, 0.15) is 10.7 Å². The predicted molar refractivity (Wildman–Crippen MR) is 96.1 cm³/mol. The second-order valence-electron chi connectivity index (χ2n) is 5.15. The van der Waals surface area contributed by atoms with Crippen molar-refractivity contribution in [3.63, 3.8) is 0 Å². The molecule has 2 heterocycles. The van der Waals surface area contributed by atoms with Crippen LogP contribution >= 0.6 is 27.3 Å². The van der Waals surface area contributed by atoms with Crippen LogP contribution in [0.25, 0.3) is 10.2 Å². The van der Waals surface area contributed by atoms with Crippen molar-refractivity contribution in [3.05, 3.63) is 55.9 Å². The number of rotatable bonds is 3. The summed E-state index contributed by atoms with van der Waals surface area (Å²) in [6, 6.07) is 9.15. The molecule has 0 unspecified atom stereocenters. The van der Waals surface area contributed by atoms with Crippen LogP contribution in [0.5, 0.6) is 0 Å². The molecule has 23 heavy (non-hydrogen) atoms. The van der Waals surface area contributed by atoms with E-state index in [0.29, 0.717) is 21.7 Å². The van der Waals surface area contributed by atoms with Gasteiger partial charge in [0.15, 0.2) is 0 Å². The van der Waals surface area contributed by atoms with Gasteiger partial charge in [-0.05, 0) is 48.0 Å². The summed E-state index contributed by atoms with van der Waals surface area (Å²) in [5.41, 5.74) is 0.489. The molecule has 3 rings (SSSR count). The molecule has 1 aromatic carbocycles. The first-order chi connectivity index (χ1) is 11.0. The third-order valence-electron chi connectivity index (χ3n) is 3.41. The Labute approximate surface area is 145 Å². The number of carbonyl (C=O) groups excluding carboxylic acids is 1. The predicted octanol–water partition coefficient (Wildman–Crippen LogP) is 3.48. The summed E-state index contributed by atoms with van der Waals surface area (Å²) >= 11 is 4.86. The fraction of sp³-hybridized carbons (Fsp3) is 0.188. The van der Waals surface area contributed by atoms with Gasteiger partial charge >= 0.3 is 0 Å². The third kappa shape index (κ3) is 3.20. The van der Waals surface area contributed by atoms with E-state index in [1.54, 1.807) is 13.0 Å². The van der Waals surface area contributed by atoms with E-state index in [-0.39, 0.29) is 18.0 Å². The van der Waals surface area contributed by atoms with Crippen LogP contribution in [0, 0.1) is 13.8 Å². The van der Waals surface area contributed by atoms with Crippen LogP contribution in [0.3, 0.4) is 0 Å². The number of amides is 1. The standard InChI is InChI=1S/C16H14BrN3O2S/c1-9-7-11-15(23-9)18-10(2)20(16(11)22)8-14(21)19-13-6-4-3-5-12(13)17/h3-7H,8H2,1-2H3,(H,19,21). The van der Waals surface area contributed by atoms with E-state index in [1.807, 2.05) is 31.2 Å². The Morgan fingerprint density at radius 2 is 2.09 bits per heavy atom. The van der Waals surface area contributed by atoms with Crippen LogP contribution in [-0.4, -0.2) is 15.5 Å². The van der Waals surface area contributed by atoms with Crippen LogP contribution in [0.2, 0.25) is 0 Å². The molecule has 0 bridgehead atoms. The largest absolute Gasteiger partial charge is 0.324 e. The van der Waals surface area contributed by atoms with Crippen molar-refractivity contribution < 1.29 is 4.79 Å². The van der Waals surface area contributed by atoms with Crippen molar-refractivity contribution in [2.75, 3.05) is 5.32 Å². The Hall–Kier alpha value is -1.99. The zero-order chi connectivity index (χ0) is 16.6. The van der Waals surface area contributed by atoms with E-state index in [4.69, 9.17) is 0 Å². The quantitative estimate of drug-likeness (QED) is 0.743. The number of nitrogens with one attached hydrogen (secondary N) is 1. The number of anilines is 1. The molecular formula is C16H14BrN3O2S. The summed E-state index contributed by atoms with van der Waals surface area (Å²) in [7, 11) is 0. The maximum absolute atomic E-state index is 12.6. The summed E-state index contributed by atoms with van der Waals surface area (Å²) in [6.07, 6.45) is 0. The molecule has 0 aliphatic heterocycles. The molecule has 0 atom stereocenters. The van der Waals surface area contributed by atoms with Gasteiger partial charge < -0.3 is 5.32 Å². The summed E-state index contributed by atoms with van der Waals surface area (Å²) in [5, 5.41) is 3.36. The maximum Gasteiger partial charge on any atom is 0.262 e. The lowest BCUT2D eigenvalue weighted by atomic mass is 10.3. The van der Waals surface area contributed by atoms with E-state index in [9.17, 15) is 9.59 Å². The summed E-state index contributed by atoms with van der Waals surface area (Å²) < 4.78 is 2.19. The molecule has 0 aliphatic rings. The van der Waals surface area contributed by atoms with E-state index in [2.05, 4.69) is 26.2 Å². The monoisotopic (exact) mass is 391 g/mol. The second-order valence-corrected chi connectivity index (χ2v) is 7.24. The first-order valence-electron chi connectivity index (χ1n) is 6.97. The Morgan fingerprint density at radius 1 is 1.35 bits per heavy atom. The van der Waals surface area contributed by atoms with Crippen molar-refractivity contribution in [2.45, 2.75) is 20.4 Å². The van der Waals surface area contributed by atoms with Crippen LogP contribution < -0.4 is 10.9 Å². The van der Waals surface area contributed by atoms with Gasteiger partial charge in [-0.15, -0.1) is 11.3 Å². The number of aryl methyl sites for hydroxylation is 2. The van der Waals surface area contributed by atoms with Gasteiger partial charge in [-0.1, -0.05) is 12.1 Å². The first-order valence-corrected chi connectivity index (χ1v) is 8.58. The number of para-hydroxylation sites is 1. The lowest BCUT2D eigenvalue weighted by Crippen LogP contribution is -2.29. The van der Waals surface area contributed by atoms with Crippen LogP contribution in [-0.2, 0) is 11.3 Å². The molecular weight excluding hydrogens is 378 g/mol. The van der Waals surface area contributed by atoms with Crippen molar-refractivity contribution in [3.8, 4) is 0 Å². The molecule has 0 fully saturated rings. The zero-order valence-corrected chi connectivity index (χ0v) is 15.0. The fourth-order valence-electron chi connectivity index (χ4n) is 2.32. The van der Waals surface area contributed by atoms with Crippen LogP contribution in [0.15, 0.2) is 39.6 Å². The highest BCUT2D eigenvalue weighted by molar-refractivity contribution is 9.10. The number of thiophene rings is 1. The van der Waals surface area contributed by atoms with Gasteiger partial charge in [0.25, 0.3) is 5.56 Å². The van der Waals surface area contributed by atoms with Gasteiger partial charge in [0.05, 0.1) is 11.1 Å². The number of nitrogens with zero attached hydrogens (tertiary/aromatic N) is 2. The zero-order valence-electron chi connectivity index (χ0n) is 12.6. The fourth-order valence-corrected chi connectivity index (χ4v) is 3.62. The molecule has 3 aromatic rings. The van der Waals surface area contributed by atoms with Crippen molar-refractivity contribution in [2.24, 2.45) is 0 Å². The Morgan fingerprint density at radius 3 is 2.83 bits per heavy atom. The van der Waals surface area contributed by atoms with Crippen LogP contribution in [0.4, 0.5) is 5.69 Å². The van der Waals surface area contributed by atoms with Crippen molar-refractivity contribution in [1.29, 1.82) is 0 Å². The van der Waals surface area contributed by atoms with Gasteiger partial charge in [-0.25, -0.2) is 4.98 Å². The minimum absolute atomic E-state index is 0.0656. The molecule has 2 aromatic heterocycles. The van der Waals surface area contributed by atoms with E-state index < -0.39 is 0 Å². The van der Waals surface area contributed by atoms with Gasteiger partial charge in [0.1, 0.15) is 17.2 Å². The molecule has 0 aliphatic carbocycles. The first kappa shape index (κ1) is 15.9. The van der Waals surface area contributed by atoms with Gasteiger partial charge in [0.2, 0.25) is 5.91 Å². The average Bonchev–Trinajstić information content (AvgIpc) is 2.86. The minimum Gasteiger partial charge on any atom is -0.324 e. The number of halogens is 1. The number of carbonyl (C=O) groups is 1. The Kier molecular flexibility index (Phi) is 4.32. The summed E-state index contributed by atoms with van der Waals surface area (Å²) in [6.45, 7) is 3.61. The molecule has 118 valence electrons. The molecule has 0 spiro atoms. The molecule has 1 N–H and O–H groups in total. The van der Waals surface area contributed by atoms with E-state index in [0.717, 1.165) is 9.35 Å². The molecule has 5 nitrogen and oxygen atoms in total. The Bertz CT molecular complexity index is 962. The number of hydrogen-bond acceptors (Lipinski definition) is 4. The average molecular weight is 392 g/mol. The smallest absolute Gasteiger partial charge is 0.262 e. The highest BCUT2D eigenvalue weighted by Crippen LogP contribution is 2.22. The van der Waals surface area contributed by atoms with Crippen molar-refractivity contribution in [1.82, 2.24) is 9.55 Å². The van der Waals surface area contributed by atoms with Gasteiger partial charge in [0, 0.05) is 9.35 Å². The molecule has 1 amide bonds. The summed E-state index contributed by atoms with van der Waals surface area (Å²) in [5.74, 6) is 0.266. The number of aromatic nitrogens is 2. The van der Waals surface area contributed by atoms with Crippen molar-refractivity contribution >= 4 is 49.1 Å². The molecule has 0 saturated carbocycles. The summed E-state index contributed by atoms with van der Waals surface area (Å²) in [4.78, 5) is 31.0. The number of hydrogen-bond donors (Lipinski definition) is 1.